The Morgan fingerprint density at radius 3 is 2.71 bits per heavy atom. The number of rotatable bonds is 5. The average molecular weight is 305 g/mol. The Morgan fingerprint density at radius 2 is 2.18 bits per heavy atom. The van der Waals surface area contributed by atoms with Gasteiger partial charge >= 0.3 is 0 Å². The first kappa shape index (κ1) is 14.6. The SMILES string of the molecule is COC(C)(C)C(Cc1cc(Br)ccc1F)NN. The van der Waals surface area contributed by atoms with Crippen molar-refractivity contribution in [1.82, 2.24) is 5.43 Å². The third-order valence-corrected chi connectivity index (χ3v) is 3.49. The van der Waals surface area contributed by atoms with Gasteiger partial charge in [-0.25, -0.2) is 4.39 Å². The summed E-state index contributed by atoms with van der Waals surface area (Å²) in [5.41, 5.74) is 2.82. The number of ether oxygens (including phenoxy) is 1. The molecule has 17 heavy (non-hydrogen) atoms. The maximum absolute atomic E-state index is 13.6. The third-order valence-electron chi connectivity index (χ3n) is 3.00. The van der Waals surface area contributed by atoms with Crippen molar-refractivity contribution < 1.29 is 9.13 Å². The lowest BCUT2D eigenvalue weighted by atomic mass is 9.92. The molecule has 1 rings (SSSR count). The van der Waals surface area contributed by atoms with Crippen molar-refractivity contribution in [2.24, 2.45) is 5.84 Å². The van der Waals surface area contributed by atoms with Crippen LogP contribution in [0.4, 0.5) is 4.39 Å². The first-order chi connectivity index (χ1) is 7.90. The maximum Gasteiger partial charge on any atom is 0.126 e. The van der Waals surface area contributed by atoms with Gasteiger partial charge in [-0.2, -0.15) is 0 Å². The van der Waals surface area contributed by atoms with Crippen LogP contribution in [0.15, 0.2) is 22.7 Å². The minimum absolute atomic E-state index is 0.170. The van der Waals surface area contributed by atoms with E-state index in [-0.39, 0.29) is 11.9 Å². The van der Waals surface area contributed by atoms with Gasteiger partial charge in [-0.3, -0.25) is 11.3 Å². The molecule has 0 spiro atoms. The van der Waals surface area contributed by atoms with E-state index in [0.29, 0.717) is 12.0 Å². The fourth-order valence-corrected chi connectivity index (χ4v) is 1.98. The molecular weight excluding hydrogens is 287 g/mol. The van der Waals surface area contributed by atoms with E-state index in [1.54, 1.807) is 19.2 Å². The Kier molecular flexibility index (Phi) is 5.06. The summed E-state index contributed by atoms with van der Waals surface area (Å²) in [7, 11) is 1.61. The second-order valence-electron chi connectivity index (χ2n) is 4.47. The lowest BCUT2D eigenvalue weighted by molar-refractivity contribution is -0.0102. The molecule has 0 aliphatic rings. The average Bonchev–Trinajstić information content (AvgIpc) is 2.30. The largest absolute Gasteiger partial charge is 0.377 e. The van der Waals surface area contributed by atoms with E-state index in [1.165, 1.54) is 6.07 Å². The molecule has 0 fully saturated rings. The number of nitrogens with one attached hydrogen (secondary N) is 1. The Bertz CT molecular complexity index is 385. The van der Waals surface area contributed by atoms with Crippen LogP contribution < -0.4 is 11.3 Å². The maximum atomic E-state index is 13.6. The molecule has 0 aliphatic heterocycles. The van der Waals surface area contributed by atoms with Crippen LogP contribution in [0.5, 0.6) is 0 Å². The van der Waals surface area contributed by atoms with Gasteiger partial charge in [0.15, 0.2) is 0 Å². The molecule has 0 aliphatic carbocycles. The second-order valence-corrected chi connectivity index (χ2v) is 5.38. The van der Waals surface area contributed by atoms with Crippen molar-refractivity contribution in [3.63, 3.8) is 0 Å². The zero-order chi connectivity index (χ0) is 13.1. The summed E-state index contributed by atoms with van der Waals surface area (Å²) in [6, 6.07) is 4.69. The summed E-state index contributed by atoms with van der Waals surface area (Å²) in [5.74, 6) is 5.27. The number of methoxy groups -OCH3 is 1. The molecule has 0 aromatic heterocycles. The van der Waals surface area contributed by atoms with E-state index >= 15 is 0 Å². The number of halogens is 2. The molecule has 5 heteroatoms. The van der Waals surface area contributed by atoms with Crippen LogP contribution in [0.25, 0.3) is 0 Å². The molecule has 1 aromatic rings. The van der Waals surface area contributed by atoms with E-state index in [2.05, 4.69) is 21.4 Å². The molecule has 0 heterocycles. The molecule has 0 radical (unpaired) electrons. The highest BCUT2D eigenvalue weighted by molar-refractivity contribution is 9.10. The lowest BCUT2D eigenvalue weighted by Crippen LogP contribution is -2.52. The highest BCUT2D eigenvalue weighted by Crippen LogP contribution is 2.21. The zero-order valence-electron chi connectivity index (χ0n) is 10.3. The minimum atomic E-state index is -0.469. The van der Waals surface area contributed by atoms with Crippen molar-refractivity contribution in [3.05, 3.63) is 34.1 Å². The fraction of sp³-hybridized carbons (Fsp3) is 0.500. The molecule has 0 amide bonds. The topological polar surface area (TPSA) is 47.3 Å². The summed E-state index contributed by atoms with van der Waals surface area (Å²) >= 11 is 3.33. The minimum Gasteiger partial charge on any atom is -0.377 e. The number of hydrazine groups is 1. The van der Waals surface area contributed by atoms with E-state index in [9.17, 15) is 4.39 Å². The van der Waals surface area contributed by atoms with Gasteiger partial charge in [-0.1, -0.05) is 15.9 Å². The van der Waals surface area contributed by atoms with E-state index in [0.717, 1.165) is 4.47 Å². The van der Waals surface area contributed by atoms with Gasteiger partial charge in [0.2, 0.25) is 0 Å². The van der Waals surface area contributed by atoms with Crippen LogP contribution in [-0.2, 0) is 11.2 Å². The Balaban J connectivity index is 2.91. The summed E-state index contributed by atoms with van der Waals surface area (Å²) in [5, 5.41) is 0. The van der Waals surface area contributed by atoms with Crippen LogP contribution in [0.3, 0.4) is 0 Å². The van der Waals surface area contributed by atoms with Crippen molar-refractivity contribution in [2.75, 3.05) is 7.11 Å². The summed E-state index contributed by atoms with van der Waals surface area (Å²) in [6.07, 6.45) is 0.461. The van der Waals surface area contributed by atoms with Crippen molar-refractivity contribution in [3.8, 4) is 0 Å². The number of hydrogen-bond donors (Lipinski definition) is 2. The molecule has 1 unspecified atom stereocenters. The summed E-state index contributed by atoms with van der Waals surface area (Å²) in [4.78, 5) is 0. The number of benzene rings is 1. The van der Waals surface area contributed by atoms with Crippen molar-refractivity contribution in [2.45, 2.75) is 31.9 Å². The molecule has 1 aromatic carbocycles. The highest BCUT2D eigenvalue weighted by atomic mass is 79.9. The summed E-state index contributed by atoms with van der Waals surface area (Å²) < 4.78 is 19.8. The van der Waals surface area contributed by atoms with Crippen LogP contribution >= 0.6 is 15.9 Å². The standard InChI is InChI=1S/C12H18BrFN2O/c1-12(2,17-3)11(16-15)7-8-6-9(13)4-5-10(8)14/h4-6,11,16H,7,15H2,1-3H3. The van der Waals surface area contributed by atoms with Crippen LogP contribution in [0.2, 0.25) is 0 Å². The molecule has 0 saturated carbocycles. The van der Waals surface area contributed by atoms with Crippen LogP contribution in [0, 0.1) is 5.82 Å². The zero-order valence-corrected chi connectivity index (χ0v) is 11.8. The normalized spacial score (nSPS) is 13.8. The number of nitrogens with two attached hydrogens (primary N) is 1. The van der Waals surface area contributed by atoms with Gasteiger partial charge in [-0.05, 0) is 44.0 Å². The highest BCUT2D eigenvalue weighted by Gasteiger charge is 2.29. The van der Waals surface area contributed by atoms with Gasteiger partial charge < -0.3 is 4.74 Å². The molecule has 96 valence electrons. The van der Waals surface area contributed by atoms with Gasteiger partial charge in [0.1, 0.15) is 5.82 Å². The smallest absolute Gasteiger partial charge is 0.126 e. The molecule has 3 nitrogen and oxygen atoms in total. The van der Waals surface area contributed by atoms with Gasteiger partial charge in [0.05, 0.1) is 11.6 Å². The molecule has 3 N–H and O–H groups in total. The predicted octanol–water partition coefficient (Wildman–Crippen LogP) is 2.39. The predicted molar refractivity (Wildman–Crippen MR) is 70.0 cm³/mol. The van der Waals surface area contributed by atoms with E-state index < -0.39 is 5.60 Å². The third kappa shape index (κ3) is 3.74. The first-order valence-corrected chi connectivity index (χ1v) is 6.15. The van der Waals surface area contributed by atoms with Crippen molar-refractivity contribution >= 4 is 15.9 Å². The van der Waals surface area contributed by atoms with Gasteiger partial charge in [-0.15, -0.1) is 0 Å². The molecule has 0 saturated heterocycles. The first-order valence-electron chi connectivity index (χ1n) is 5.36. The fourth-order valence-electron chi connectivity index (χ4n) is 1.57. The lowest BCUT2D eigenvalue weighted by Gasteiger charge is -2.32. The van der Waals surface area contributed by atoms with E-state index in [1.807, 2.05) is 13.8 Å². The monoisotopic (exact) mass is 304 g/mol. The van der Waals surface area contributed by atoms with E-state index in [4.69, 9.17) is 10.6 Å². The van der Waals surface area contributed by atoms with Gasteiger partial charge in [0.25, 0.3) is 0 Å². The summed E-state index contributed by atoms with van der Waals surface area (Å²) in [6.45, 7) is 3.82. The quantitative estimate of drug-likeness (QED) is 0.648. The Morgan fingerprint density at radius 1 is 1.53 bits per heavy atom. The molecule has 0 bridgehead atoms. The Labute approximate surface area is 110 Å². The Hall–Kier alpha value is -0.490. The second kappa shape index (κ2) is 5.91. The van der Waals surface area contributed by atoms with Crippen molar-refractivity contribution in [1.29, 1.82) is 0 Å². The molecule has 1 atom stereocenters. The molecular formula is C12H18BrFN2O. The number of hydrogen-bond acceptors (Lipinski definition) is 3. The van der Waals surface area contributed by atoms with Crippen LogP contribution in [0.1, 0.15) is 19.4 Å². The van der Waals surface area contributed by atoms with Gasteiger partial charge in [0, 0.05) is 11.6 Å². The van der Waals surface area contributed by atoms with Crippen LogP contribution in [-0.4, -0.2) is 18.8 Å².